The Morgan fingerprint density at radius 2 is 1.84 bits per heavy atom. The summed E-state index contributed by atoms with van der Waals surface area (Å²) in [4.78, 5) is 24.4. The van der Waals surface area contributed by atoms with Crippen molar-refractivity contribution < 1.29 is 14.7 Å². The van der Waals surface area contributed by atoms with E-state index in [9.17, 15) is 14.7 Å². The lowest BCUT2D eigenvalue weighted by molar-refractivity contribution is -0.226. The molecule has 0 aromatic rings. The van der Waals surface area contributed by atoms with Crippen LogP contribution >= 0.6 is 0 Å². The number of carbonyl (C=O) groups excluding carboxylic acids is 2. The fraction of sp³-hybridized carbons (Fsp3) is 0.909. The Balaban J connectivity index is 1.71. The highest BCUT2D eigenvalue weighted by Gasteiger charge is 2.66. The summed E-state index contributed by atoms with van der Waals surface area (Å²) in [7, 11) is 0. The molecule has 0 heterocycles. The third kappa shape index (κ3) is 2.14. The largest absolute Gasteiger partial charge is 0.389 e. The van der Waals surface area contributed by atoms with Gasteiger partial charge in [-0.25, -0.2) is 0 Å². The number of carbonyl (C=O) groups is 2. The van der Waals surface area contributed by atoms with Crippen molar-refractivity contribution in [1.82, 2.24) is 0 Å². The summed E-state index contributed by atoms with van der Waals surface area (Å²) in [5.41, 5.74) is -0.808. The lowest BCUT2D eigenvalue weighted by Crippen LogP contribution is -2.65. The van der Waals surface area contributed by atoms with Gasteiger partial charge in [0.15, 0.2) is 0 Å². The average molecular weight is 347 g/mol. The molecule has 140 valence electrons. The molecule has 8 unspecified atom stereocenters. The quantitative estimate of drug-likeness (QED) is 0.775. The lowest BCUT2D eigenvalue weighted by Gasteiger charge is -2.65. The zero-order chi connectivity index (χ0) is 18.2. The van der Waals surface area contributed by atoms with E-state index >= 15 is 0 Å². The molecule has 25 heavy (non-hydrogen) atoms. The molecule has 4 fully saturated rings. The van der Waals surface area contributed by atoms with Crippen LogP contribution in [-0.4, -0.2) is 22.3 Å². The number of aliphatic hydroxyl groups is 1. The molecular formula is C22H34O3. The van der Waals surface area contributed by atoms with Gasteiger partial charge in [0.2, 0.25) is 0 Å². The highest BCUT2D eigenvalue weighted by Crippen LogP contribution is 2.69. The summed E-state index contributed by atoms with van der Waals surface area (Å²) in [6.45, 7) is 8.58. The number of Topliss-reactive ketones (excluding diaryl/α,β-unsaturated/α-hetero) is 2. The van der Waals surface area contributed by atoms with Crippen LogP contribution in [0.3, 0.4) is 0 Å². The first-order valence-electron chi connectivity index (χ1n) is 10.4. The van der Waals surface area contributed by atoms with Gasteiger partial charge in [0, 0.05) is 24.2 Å². The van der Waals surface area contributed by atoms with Crippen molar-refractivity contribution in [3.63, 3.8) is 0 Å². The third-order valence-corrected chi connectivity index (χ3v) is 9.57. The molecule has 8 atom stereocenters. The maximum Gasteiger partial charge on any atom is 0.135 e. The highest BCUT2D eigenvalue weighted by atomic mass is 16.3. The number of hydrogen-bond acceptors (Lipinski definition) is 3. The predicted molar refractivity (Wildman–Crippen MR) is 96.9 cm³/mol. The van der Waals surface area contributed by atoms with Gasteiger partial charge in [-0.1, -0.05) is 20.8 Å². The van der Waals surface area contributed by atoms with Gasteiger partial charge in [-0.2, -0.15) is 0 Å². The predicted octanol–water partition coefficient (Wildman–Crippen LogP) is 4.16. The van der Waals surface area contributed by atoms with Crippen molar-refractivity contribution in [3.8, 4) is 0 Å². The molecule has 3 nitrogen and oxygen atoms in total. The maximum absolute atomic E-state index is 12.2. The van der Waals surface area contributed by atoms with E-state index in [-0.39, 0.29) is 28.4 Å². The minimum Gasteiger partial charge on any atom is -0.389 e. The second kappa shape index (κ2) is 5.41. The van der Waals surface area contributed by atoms with E-state index in [2.05, 4.69) is 20.8 Å². The molecule has 4 aliphatic rings. The maximum atomic E-state index is 12.2. The van der Waals surface area contributed by atoms with Crippen molar-refractivity contribution in [2.45, 2.75) is 84.7 Å². The van der Waals surface area contributed by atoms with Crippen LogP contribution in [0.1, 0.15) is 79.1 Å². The van der Waals surface area contributed by atoms with Crippen LogP contribution in [0.15, 0.2) is 0 Å². The molecule has 0 aromatic heterocycles. The molecule has 0 saturated heterocycles. The molecule has 0 bridgehead atoms. The van der Waals surface area contributed by atoms with Gasteiger partial charge in [0.25, 0.3) is 0 Å². The molecule has 4 aliphatic carbocycles. The molecule has 1 N–H and O–H groups in total. The van der Waals surface area contributed by atoms with Gasteiger partial charge in [0.1, 0.15) is 11.6 Å². The topological polar surface area (TPSA) is 54.4 Å². The average Bonchev–Trinajstić information content (AvgIpc) is 2.88. The Morgan fingerprint density at radius 3 is 2.52 bits per heavy atom. The number of fused-ring (bicyclic) bond motifs is 5. The normalized spacial score (nSPS) is 55.2. The van der Waals surface area contributed by atoms with Crippen molar-refractivity contribution >= 4 is 11.6 Å². The van der Waals surface area contributed by atoms with E-state index in [0.29, 0.717) is 36.4 Å². The molecule has 0 aromatic carbocycles. The molecule has 0 radical (unpaired) electrons. The molecule has 0 spiro atoms. The van der Waals surface area contributed by atoms with Gasteiger partial charge < -0.3 is 5.11 Å². The van der Waals surface area contributed by atoms with Crippen LogP contribution in [0.5, 0.6) is 0 Å². The molecule has 4 rings (SSSR count). The zero-order valence-corrected chi connectivity index (χ0v) is 16.3. The molecule has 4 saturated carbocycles. The van der Waals surface area contributed by atoms with Crippen molar-refractivity contribution in [2.75, 3.05) is 0 Å². The summed E-state index contributed by atoms with van der Waals surface area (Å²) in [6.07, 6.45) is 7.29. The van der Waals surface area contributed by atoms with E-state index in [0.717, 1.165) is 32.1 Å². The fourth-order valence-electron chi connectivity index (χ4n) is 8.13. The fourth-order valence-corrected chi connectivity index (χ4v) is 8.13. The Hall–Kier alpha value is -0.700. The van der Waals surface area contributed by atoms with E-state index in [1.807, 2.05) is 0 Å². The lowest BCUT2D eigenvalue weighted by atomic mass is 9.41. The van der Waals surface area contributed by atoms with Crippen molar-refractivity contribution in [2.24, 2.45) is 40.4 Å². The standard InChI is InChI=1S/C22H34O3/c1-13-11-16-18-6-5-17(14(2)23)20(18,3)9-8-19(16)21(4)10-7-15(24)12-22(13,21)25/h13,16-19,25H,5-12H2,1-4H3. The second-order valence-electron chi connectivity index (χ2n) is 10.4. The molecule has 3 heteroatoms. The van der Waals surface area contributed by atoms with Gasteiger partial charge in [-0.15, -0.1) is 0 Å². The number of rotatable bonds is 1. The number of ketones is 2. The van der Waals surface area contributed by atoms with Crippen LogP contribution in [-0.2, 0) is 9.59 Å². The van der Waals surface area contributed by atoms with Crippen molar-refractivity contribution in [3.05, 3.63) is 0 Å². The van der Waals surface area contributed by atoms with Gasteiger partial charge in [-0.05, 0) is 74.5 Å². The van der Waals surface area contributed by atoms with Crippen LogP contribution in [0, 0.1) is 40.4 Å². The minimum atomic E-state index is -0.824. The number of hydrogen-bond donors (Lipinski definition) is 1. The first-order chi connectivity index (χ1) is 11.6. The van der Waals surface area contributed by atoms with Gasteiger partial charge in [-0.3, -0.25) is 9.59 Å². The first-order valence-corrected chi connectivity index (χ1v) is 10.4. The summed E-state index contributed by atoms with van der Waals surface area (Å²) < 4.78 is 0. The van der Waals surface area contributed by atoms with Crippen LogP contribution in [0.2, 0.25) is 0 Å². The Morgan fingerprint density at radius 1 is 1.12 bits per heavy atom. The summed E-state index contributed by atoms with van der Waals surface area (Å²) >= 11 is 0. The van der Waals surface area contributed by atoms with Crippen molar-refractivity contribution in [1.29, 1.82) is 0 Å². The van der Waals surface area contributed by atoms with E-state index < -0.39 is 5.60 Å². The monoisotopic (exact) mass is 346 g/mol. The summed E-state index contributed by atoms with van der Waals surface area (Å²) in [5, 5.41) is 11.6. The van der Waals surface area contributed by atoms with Gasteiger partial charge in [0.05, 0.1) is 5.60 Å². The summed E-state index contributed by atoms with van der Waals surface area (Å²) in [5.74, 6) is 2.74. The van der Waals surface area contributed by atoms with E-state index in [1.165, 1.54) is 6.42 Å². The third-order valence-electron chi connectivity index (χ3n) is 9.57. The Bertz CT molecular complexity index is 612. The Labute approximate surface area is 151 Å². The smallest absolute Gasteiger partial charge is 0.135 e. The van der Waals surface area contributed by atoms with Crippen LogP contribution in [0.4, 0.5) is 0 Å². The zero-order valence-electron chi connectivity index (χ0n) is 16.3. The molecule has 0 aliphatic heterocycles. The van der Waals surface area contributed by atoms with Gasteiger partial charge >= 0.3 is 0 Å². The SMILES string of the molecule is CC(=O)C1CCC2C3CC(C)C4(O)CC(=O)CCC4(C)C3CCC12C. The Kier molecular flexibility index (Phi) is 3.83. The molecule has 0 amide bonds. The van der Waals surface area contributed by atoms with E-state index in [4.69, 9.17) is 0 Å². The summed E-state index contributed by atoms with van der Waals surface area (Å²) in [6, 6.07) is 0. The molecular weight excluding hydrogens is 312 g/mol. The van der Waals surface area contributed by atoms with Crippen LogP contribution < -0.4 is 0 Å². The van der Waals surface area contributed by atoms with Crippen LogP contribution in [0.25, 0.3) is 0 Å². The highest BCUT2D eigenvalue weighted by molar-refractivity contribution is 5.81. The first kappa shape index (κ1) is 17.7. The minimum absolute atomic E-state index is 0.140. The second-order valence-corrected chi connectivity index (χ2v) is 10.4. The van der Waals surface area contributed by atoms with E-state index in [1.54, 1.807) is 6.92 Å².